The molecule has 0 amide bonds. The highest BCUT2D eigenvalue weighted by Crippen LogP contribution is 2.24. The SMILES string of the molecule is CCC(NCc1ccc(OC)cc1OC)C(N)=NO. The summed E-state index contributed by atoms with van der Waals surface area (Å²) in [5.41, 5.74) is 6.57. The van der Waals surface area contributed by atoms with Crippen LogP contribution in [0.5, 0.6) is 11.5 Å². The van der Waals surface area contributed by atoms with E-state index in [0.29, 0.717) is 6.54 Å². The van der Waals surface area contributed by atoms with Gasteiger partial charge in [0.25, 0.3) is 0 Å². The number of rotatable bonds is 7. The molecule has 6 nitrogen and oxygen atoms in total. The maximum Gasteiger partial charge on any atom is 0.156 e. The van der Waals surface area contributed by atoms with E-state index in [1.807, 2.05) is 25.1 Å². The van der Waals surface area contributed by atoms with Gasteiger partial charge in [-0.2, -0.15) is 0 Å². The first kappa shape index (κ1) is 15.1. The maximum atomic E-state index is 8.68. The first-order valence-electron chi connectivity index (χ1n) is 6.07. The van der Waals surface area contributed by atoms with E-state index in [-0.39, 0.29) is 11.9 Å². The third-order valence-corrected chi connectivity index (χ3v) is 2.91. The van der Waals surface area contributed by atoms with Crippen molar-refractivity contribution in [3.05, 3.63) is 23.8 Å². The Labute approximate surface area is 113 Å². The normalized spacial score (nSPS) is 13.1. The number of methoxy groups -OCH3 is 2. The molecule has 4 N–H and O–H groups in total. The van der Waals surface area contributed by atoms with Crippen LogP contribution in [-0.2, 0) is 6.54 Å². The van der Waals surface area contributed by atoms with Crippen molar-refractivity contribution in [2.75, 3.05) is 14.2 Å². The molecular formula is C13H21N3O3. The minimum absolute atomic E-state index is 0.170. The van der Waals surface area contributed by atoms with Crippen molar-refractivity contribution in [1.29, 1.82) is 0 Å². The zero-order valence-electron chi connectivity index (χ0n) is 11.5. The van der Waals surface area contributed by atoms with Gasteiger partial charge < -0.3 is 25.7 Å². The van der Waals surface area contributed by atoms with E-state index in [1.165, 1.54) is 0 Å². The first-order valence-corrected chi connectivity index (χ1v) is 6.07. The highest BCUT2D eigenvalue weighted by molar-refractivity contribution is 5.85. The second kappa shape index (κ2) is 7.48. The molecule has 0 saturated heterocycles. The van der Waals surface area contributed by atoms with Crippen LogP contribution < -0.4 is 20.5 Å². The molecule has 19 heavy (non-hydrogen) atoms. The number of hydrogen-bond donors (Lipinski definition) is 3. The van der Waals surface area contributed by atoms with Crippen molar-refractivity contribution in [2.45, 2.75) is 25.9 Å². The van der Waals surface area contributed by atoms with Gasteiger partial charge in [-0.15, -0.1) is 0 Å². The zero-order valence-corrected chi connectivity index (χ0v) is 11.5. The van der Waals surface area contributed by atoms with Crippen molar-refractivity contribution >= 4 is 5.84 Å². The van der Waals surface area contributed by atoms with Gasteiger partial charge in [0.15, 0.2) is 5.84 Å². The van der Waals surface area contributed by atoms with Gasteiger partial charge in [-0.25, -0.2) is 0 Å². The minimum atomic E-state index is -0.170. The van der Waals surface area contributed by atoms with Gasteiger partial charge in [-0.3, -0.25) is 0 Å². The number of amidine groups is 1. The van der Waals surface area contributed by atoms with Crippen molar-refractivity contribution < 1.29 is 14.7 Å². The Kier molecular flexibility index (Phi) is 5.95. The fourth-order valence-corrected chi connectivity index (χ4v) is 1.76. The maximum absolute atomic E-state index is 8.68. The molecule has 106 valence electrons. The molecule has 0 bridgehead atoms. The number of benzene rings is 1. The Balaban J connectivity index is 2.76. The summed E-state index contributed by atoms with van der Waals surface area (Å²) < 4.78 is 10.5. The Morgan fingerprint density at radius 1 is 1.42 bits per heavy atom. The van der Waals surface area contributed by atoms with Crippen LogP contribution in [0.25, 0.3) is 0 Å². The molecule has 1 aromatic rings. The molecule has 0 aliphatic heterocycles. The third-order valence-electron chi connectivity index (χ3n) is 2.91. The minimum Gasteiger partial charge on any atom is -0.497 e. The number of nitrogens with zero attached hydrogens (tertiary/aromatic N) is 1. The predicted octanol–water partition coefficient (Wildman–Crippen LogP) is 1.32. The lowest BCUT2D eigenvalue weighted by Gasteiger charge is -2.17. The highest BCUT2D eigenvalue weighted by Gasteiger charge is 2.12. The smallest absolute Gasteiger partial charge is 0.156 e. The van der Waals surface area contributed by atoms with Gasteiger partial charge in [0.1, 0.15) is 11.5 Å². The second-order valence-corrected chi connectivity index (χ2v) is 4.04. The molecule has 0 spiro atoms. The first-order chi connectivity index (χ1) is 9.15. The highest BCUT2D eigenvalue weighted by atomic mass is 16.5. The summed E-state index contributed by atoms with van der Waals surface area (Å²) in [5, 5.41) is 14.9. The fourth-order valence-electron chi connectivity index (χ4n) is 1.76. The zero-order chi connectivity index (χ0) is 14.3. The van der Waals surface area contributed by atoms with Crippen LogP contribution in [0, 0.1) is 0 Å². The van der Waals surface area contributed by atoms with E-state index in [9.17, 15) is 0 Å². The molecular weight excluding hydrogens is 246 g/mol. The molecule has 0 fully saturated rings. The molecule has 0 aromatic heterocycles. The van der Waals surface area contributed by atoms with E-state index in [0.717, 1.165) is 23.5 Å². The molecule has 0 aliphatic rings. The van der Waals surface area contributed by atoms with E-state index in [1.54, 1.807) is 14.2 Å². The molecule has 1 aromatic carbocycles. The van der Waals surface area contributed by atoms with Crippen molar-refractivity contribution in [3.63, 3.8) is 0 Å². The van der Waals surface area contributed by atoms with E-state index >= 15 is 0 Å². The van der Waals surface area contributed by atoms with Crippen LogP contribution in [-0.4, -0.2) is 31.3 Å². The summed E-state index contributed by atoms with van der Waals surface area (Å²) in [7, 11) is 3.22. The Morgan fingerprint density at radius 2 is 2.16 bits per heavy atom. The lowest BCUT2D eigenvalue weighted by Crippen LogP contribution is -2.40. The lowest BCUT2D eigenvalue weighted by molar-refractivity contribution is 0.314. The summed E-state index contributed by atoms with van der Waals surface area (Å²) >= 11 is 0. The topological polar surface area (TPSA) is 89.1 Å². The van der Waals surface area contributed by atoms with Gasteiger partial charge in [0.2, 0.25) is 0 Å². The molecule has 0 saturated carbocycles. The summed E-state index contributed by atoms with van der Waals surface area (Å²) in [4.78, 5) is 0. The van der Waals surface area contributed by atoms with Gasteiger partial charge in [0.05, 0.1) is 20.3 Å². The molecule has 1 atom stereocenters. The fraction of sp³-hybridized carbons (Fsp3) is 0.462. The number of nitrogens with two attached hydrogens (primary N) is 1. The average Bonchev–Trinajstić information content (AvgIpc) is 2.47. The Bertz CT molecular complexity index is 435. The molecule has 0 radical (unpaired) electrons. The van der Waals surface area contributed by atoms with Crippen LogP contribution in [0.4, 0.5) is 0 Å². The van der Waals surface area contributed by atoms with Crippen molar-refractivity contribution in [2.24, 2.45) is 10.9 Å². The second-order valence-electron chi connectivity index (χ2n) is 4.04. The van der Waals surface area contributed by atoms with Gasteiger partial charge in [-0.1, -0.05) is 18.1 Å². The van der Waals surface area contributed by atoms with Crippen LogP contribution in [0.15, 0.2) is 23.4 Å². The van der Waals surface area contributed by atoms with Crippen LogP contribution in [0.2, 0.25) is 0 Å². The third kappa shape index (κ3) is 4.03. The molecule has 1 rings (SSSR count). The van der Waals surface area contributed by atoms with Crippen molar-refractivity contribution in [1.82, 2.24) is 5.32 Å². The summed E-state index contributed by atoms with van der Waals surface area (Å²) in [6.45, 7) is 2.52. The molecule has 6 heteroatoms. The summed E-state index contributed by atoms with van der Waals surface area (Å²) in [6, 6.07) is 5.44. The van der Waals surface area contributed by atoms with E-state index < -0.39 is 0 Å². The van der Waals surface area contributed by atoms with E-state index in [2.05, 4.69) is 10.5 Å². The average molecular weight is 267 g/mol. The summed E-state index contributed by atoms with van der Waals surface area (Å²) in [5.74, 6) is 1.65. The lowest BCUT2D eigenvalue weighted by atomic mass is 10.1. The van der Waals surface area contributed by atoms with Crippen LogP contribution >= 0.6 is 0 Å². The Morgan fingerprint density at radius 3 is 2.68 bits per heavy atom. The number of oxime groups is 1. The number of nitrogens with one attached hydrogen (secondary N) is 1. The van der Waals surface area contributed by atoms with Crippen molar-refractivity contribution in [3.8, 4) is 11.5 Å². The molecule has 1 unspecified atom stereocenters. The Hall–Kier alpha value is -1.95. The van der Waals surface area contributed by atoms with E-state index in [4.69, 9.17) is 20.4 Å². The van der Waals surface area contributed by atoms with Gasteiger partial charge >= 0.3 is 0 Å². The van der Waals surface area contributed by atoms with Gasteiger partial charge in [0, 0.05) is 18.2 Å². The molecule has 0 aliphatic carbocycles. The number of hydrogen-bond acceptors (Lipinski definition) is 5. The quantitative estimate of drug-likeness (QED) is 0.300. The predicted molar refractivity (Wildman–Crippen MR) is 73.9 cm³/mol. The van der Waals surface area contributed by atoms with Crippen LogP contribution in [0.1, 0.15) is 18.9 Å². The summed E-state index contributed by atoms with van der Waals surface area (Å²) in [6.07, 6.45) is 0.731. The largest absolute Gasteiger partial charge is 0.497 e. The van der Waals surface area contributed by atoms with Gasteiger partial charge in [-0.05, 0) is 12.5 Å². The monoisotopic (exact) mass is 267 g/mol. The number of ether oxygens (including phenoxy) is 2. The standard InChI is InChI=1S/C13H21N3O3/c1-4-11(13(14)16-17)15-8-9-5-6-10(18-2)7-12(9)19-3/h5-7,11,15,17H,4,8H2,1-3H3,(H2,14,16). The van der Waals surface area contributed by atoms with Crippen LogP contribution in [0.3, 0.4) is 0 Å². The molecule has 0 heterocycles.